The van der Waals surface area contributed by atoms with Gasteiger partial charge in [-0.25, -0.2) is 4.39 Å². The SMILES string of the molecule is CC(C)(C)N(CC(=O)O)C1CCc2cc(F)ccc21. The number of aliphatic carboxylic acids is 1. The van der Waals surface area contributed by atoms with Crippen molar-refractivity contribution in [3.8, 4) is 0 Å². The molecule has 0 aliphatic heterocycles. The van der Waals surface area contributed by atoms with Gasteiger partial charge in [-0.2, -0.15) is 0 Å². The third-order valence-corrected chi connectivity index (χ3v) is 3.69. The zero-order valence-corrected chi connectivity index (χ0v) is 11.6. The lowest BCUT2D eigenvalue weighted by molar-refractivity contribution is -0.140. The lowest BCUT2D eigenvalue weighted by Crippen LogP contribution is -2.46. The monoisotopic (exact) mass is 265 g/mol. The standard InChI is InChI=1S/C15H20FNO2/c1-15(2,3)17(9-14(18)19)13-7-4-10-8-11(16)5-6-12(10)13/h5-6,8,13H,4,7,9H2,1-3H3,(H,18,19). The number of hydrogen-bond acceptors (Lipinski definition) is 2. The van der Waals surface area contributed by atoms with Crippen molar-refractivity contribution in [1.82, 2.24) is 4.90 Å². The third-order valence-electron chi connectivity index (χ3n) is 3.69. The molecule has 0 saturated heterocycles. The largest absolute Gasteiger partial charge is 0.480 e. The van der Waals surface area contributed by atoms with E-state index in [1.807, 2.05) is 25.7 Å². The Morgan fingerprint density at radius 2 is 2.16 bits per heavy atom. The molecule has 1 aromatic rings. The van der Waals surface area contributed by atoms with Gasteiger partial charge in [-0.3, -0.25) is 9.69 Å². The zero-order chi connectivity index (χ0) is 14.2. The number of rotatable bonds is 3. The molecule has 0 heterocycles. The smallest absolute Gasteiger partial charge is 0.317 e. The topological polar surface area (TPSA) is 40.5 Å². The second kappa shape index (κ2) is 4.93. The van der Waals surface area contributed by atoms with E-state index < -0.39 is 5.97 Å². The fourth-order valence-electron chi connectivity index (χ4n) is 2.85. The van der Waals surface area contributed by atoms with E-state index in [-0.39, 0.29) is 23.9 Å². The molecule has 1 N–H and O–H groups in total. The zero-order valence-electron chi connectivity index (χ0n) is 11.6. The lowest BCUT2D eigenvalue weighted by atomic mass is 9.99. The average Bonchev–Trinajstić information content (AvgIpc) is 2.66. The average molecular weight is 265 g/mol. The van der Waals surface area contributed by atoms with Crippen molar-refractivity contribution in [3.63, 3.8) is 0 Å². The summed E-state index contributed by atoms with van der Waals surface area (Å²) in [4.78, 5) is 13.1. The summed E-state index contributed by atoms with van der Waals surface area (Å²) in [6.45, 7) is 6.04. The summed E-state index contributed by atoms with van der Waals surface area (Å²) in [5, 5.41) is 9.10. The number of carboxylic acid groups (broad SMARTS) is 1. The van der Waals surface area contributed by atoms with Crippen molar-refractivity contribution < 1.29 is 14.3 Å². The summed E-state index contributed by atoms with van der Waals surface area (Å²) in [6.07, 6.45) is 1.66. The second-order valence-electron chi connectivity index (χ2n) is 6.09. The molecule has 2 rings (SSSR count). The molecule has 4 heteroatoms. The summed E-state index contributed by atoms with van der Waals surface area (Å²) in [5.74, 6) is -1.05. The maximum Gasteiger partial charge on any atom is 0.317 e. The number of carbonyl (C=O) groups is 1. The molecule has 0 amide bonds. The highest BCUT2D eigenvalue weighted by Crippen LogP contribution is 2.39. The third kappa shape index (κ3) is 2.95. The highest BCUT2D eigenvalue weighted by atomic mass is 19.1. The lowest BCUT2D eigenvalue weighted by Gasteiger charge is -2.39. The highest BCUT2D eigenvalue weighted by Gasteiger charge is 2.35. The minimum absolute atomic E-state index is 0.00494. The molecule has 104 valence electrons. The quantitative estimate of drug-likeness (QED) is 0.913. The minimum Gasteiger partial charge on any atom is -0.480 e. The molecule has 0 fully saturated rings. The first kappa shape index (κ1) is 14.0. The first-order valence-electron chi connectivity index (χ1n) is 6.56. The van der Waals surface area contributed by atoms with Gasteiger partial charge in [0.25, 0.3) is 0 Å². The minimum atomic E-state index is -0.828. The van der Waals surface area contributed by atoms with Gasteiger partial charge >= 0.3 is 5.97 Å². The van der Waals surface area contributed by atoms with Crippen LogP contribution in [0.25, 0.3) is 0 Å². The first-order chi connectivity index (χ1) is 8.79. The van der Waals surface area contributed by atoms with Gasteiger partial charge in [-0.15, -0.1) is 0 Å². The van der Waals surface area contributed by atoms with Gasteiger partial charge in [0.2, 0.25) is 0 Å². The van der Waals surface area contributed by atoms with Crippen LogP contribution in [0.1, 0.15) is 44.4 Å². The van der Waals surface area contributed by atoms with Gasteiger partial charge in [0.15, 0.2) is 0 Å². The van der Waals surface area contributed by atoms with E-state index >= 15 is 0 Å². The van der Waals surface area contributed by atoms with E-state index in [4.69, 9.17) is 5.11 Å². The number of benzene rings is 1. The van der Waals surface area contributed by atoms with Crippen molar-refractivity contribution in [1.29, 1.82) is 0 Å². The fourth-order valence-corrected chi connectivity index (χ4v) is 2.85. The summed E-state index contributed by atoms with van der Waals surface area (Å²) < 4.78 is 13.2. The summed E-state index contributed by atoms with van der Waals surface area (Å²) in [6, 6.07) is 4.88. The van der Waals surface area contributed by atoms with E-state index in [1.54, 1.807) is 12.1 Å². The maximum atomic E-state index is 13.2. The molecule has 0 saturated carbocycles. The number of fused-ring (bicyclic) bond motifs is 1. The fraction of sp³-hybridized carbons (Fsp3) is 0.533. The van der Waals surface area contributed by atoms with Crippen LogP contribution in [0, 0.1) is 5.82 Å². The summed E-state index contributed by atoms with van der Waals surface area (Å²) in [7, 11) is 0. The van der Waals surface area contributed by atoms with E-state index in [9.17, 15) is 9.18 Å². The molecule has 0 bridgehead atoms. The van der Waals surface area contributed by atoms with Crippen LogP contribution in [0.2, 0.25) is 0 Å². The second-order valence-corrected chi connectivity index (χ2v) is 6.09. The Labute approximate surface area is 113 Å². The molecular formula is C15H20FNO2. The number of hydrogen-bond donors (Lipinski definition) is 1. The number of nitrogens with zero attached hydrogens (tertiary/aromatic N) is 1. The molecule has 0 spiro atoms. The van der Waals surface area contributed by atoms with Gasteiger partial charge in [0, 0.05) is 11.6 Å². The van der Waals surface area contributed by atoms with E-state index in [1.165, 1.54) is 6.07 Å². The van der Waals surface area contributed by atoms with Crippen LogP contribution in [0.4, 0.5) is 4.39 Å². The van der Waals surface area contributed by atoms with Gasteiger partial charge in [0.05, 0.1) is 6.54 Å². The van der Waals surface area contributed by atoms with Crippen LogP contribution >= 0.6 is 0 Å². The first-order valence-corrected chi connectivity index (χ1v) is 6.56. The van der Waals surface area contributed by atoms with Crippen LogP contribution in [-0.2, 0) is 11.2 Å². The van der Waals surface area contributed by atoms with E-state index in [0.29, 0.717) is 0 Å². The number of carboxylic acids is 1. The van der Waals surface area contributed by atoms with Crippen LogP contribution in [0.3, 0.4) is 0 Å². The molecule has 1 aromatic carbocycles. The Morgan fingerprint density at radius 3 is 2.74 bits per heavy atom. The maximum absolute atomic E-state index is 13.2. The van der Waals surface area contributed by atoms with E-state index in [2.05, 4.69) is 0 Å². The van der Waals surface area contributed by atoms with E-state index in [0.717, 1.165) is 24.0 Å². The molecular weight excluding hydrogens is 245 g/mol. The molecule has 1 aliphatic carbocycles. The van der Waals surface area contributed by atoms with Gasteiger partial charge in [-0.05, 0) is 56.9 Å². The predicted molar refractivity (Wildman–Crippen MR) is 71.6 cm³/mol. The summed E-state index contributed by atoms with van der Waals surface area (Å²) in [5.41, 5.74) is 1.83. The predicted octanol–water partition coefficient (Wildman–Crippen LogP) is 3.00. The van der Waals surface area contributed by atoms with Crippen molar-refractivity contribution in [2.45, 2.75) is 45.2 Å². The van der Waals surface area contributed by atoms with Crippen molar-refractivity contribution in [3.05, 3.63) is 35.1 Å². The normalized spacial score (nSPS) is 18.7. The van der Waals surface area contributed by atoms with Crippen molar-refractivity contribution in [2.24, 2.45) is 0 Å². The molecule has 3 nitrogen and oxygen atoms in total. The Hall–Kier alpha value is -1.42. The molecule has 1 atom stereocenters. The van der Waals surface area contributed by atoms with Crippen molar-refractivity contribution >= 4 is 5.97 Å². The van der Waals surface area contributed by atoms with Gasteiger partial charge < -0.3 is 5.11 Å². The van der Waals surface area contributed by atoms with Gasteiger partial charge in [-0.1, -0.05) is 6.07 Å². The molecule has 19 heavy (non-hydrogen) atoms. The number of halogens is 1. The van der Waals surface area contributed by atoms with Crippen LogP contribution in [0.15, 0.2) is 18.2 Å². The van der Waals surface area contributed by atoms with Crippen LogP contribution in [-0.4, -0.2) is 28.1 Å². The summed E-state index contributed by atoms with van der Waals surface area (Å²) >= 11 is 0. The Kier molecular flexibility index (Phi) is 3.63. The van der Waals surface area contributed by atoms with Crippen LogP contribution in [0.5, 0.6) is 0 Å². The highest BCUT2D eigenvalue weighted by molar-refractivity contribution is 5.69. The van der Waals surface area contributed by atoms with Crippen LogP contribution < -0.4 is 0 Å². The number of aryl methyl sites for hydroxylation is 1. The Morgan fingerprint density at radius 1 is 1.47 bits per heavy atom. The van der Waals surface area contributed by atoms with Gasteiger partial charge in [0.1, 0.15) is 5.82 Å². The Balaban J connectivity index is 2.33. The molecule has 1 aliphatic rings. The molecule has 1 unspecified atom stereocenters. The Bertz CT molecular complexity index is 493. The van der Waals surface area contributed by atoms with Crippen molar-refractivity contribution in [2.75, 3.05) is 6.54 Å². The molecule has 0 aromatic heterocycles. The molecule has 0 radical (unpaired) electrons.